The molecule has 36 heavy (non-hydrogen) atoms. The van der Waals surface area contributed by atoms with Crippen LogP contribution in [0.3, 0.4) is 0 Å². The second kappa shape index (κ2) is 10.7. The fourth-order valence-corrected chi connectivity index (χ4v) is 4.62. The SMILES string of the molecule is Cc1cc(-c2ccc(/C=N/Nc3nc(N4CCCCC4)nc(N4CCCCC4)n3)o2)ccc1[N+](=O)[O-]. The van der Waals surface area contributed by atoms with Gasteiger partial charge in [-0.3, -0.25) is 10.1 Å². The summed E-state index contributed by atoms with van der Waals surface area (Å²) in [5, 5.41) is 15.4. The van der Waals surface area contributed by atoms with E-state index in [-0.39, 0.29) is 10.6 Å². The third kappa shape index (κ3) is 5.45. The molecule has 2 aliphatic rings. The summed E-state index contributed by atoms with van der Waals surface area (Å²) < 4.78 is 5.87. The lowest BCUT2D eigenvalue weighted by Gasteiger charge is -2.30. The first-order chi connectivity index (χ1) is 17.6. The molecule has 2 saturated heterocycles. The van der Waals surface area contributed by atoms with Gasteiger partial charge in [0.1, 0.15) is 11.5 Å². The normalized spacial score (nSPS) is 16.5. The van der Waals surface area contributed by atoms with Crippen LogP contribution in [0.2, 0.25) is 0 Å². The van der Waals surface area contributed by atoms with Crippen molar-refractivity contribution in [1.82, 2.24) is 15.0 Å². The Morgan fingerprint density at radius 1 is 0.944 bits per heavy atom. The molecule has 2 aromatic heterocycles. The zero-order valence-electron chi connectivity index (χ0n) is 20.4. The van der Waals surface area contributed by atoms with Crippen LogP contribution in [0.15, 0.2) is 39.9 Å². The Morgan fingerprint density at radius 3 is 2.17 bits per heavy atom. The molecule has 2 fully saturated rings. The molecule has 0 amide bonds. The van der Waals surface area contributed by atoms with E-state index in [2.05, 4.69) is 30.3 Å². The first-order valence-corrected chi connectivity index (χ1v) is 12.5. The van der Waals surface area contributed by atoms with Gasteiger partial charge in [0.15, 0.2) is 0 Å². The molecule has 11 heteroatoms. The zero-order valence-corrected chi connectivity index (χ0v) is 20.4. The fourth-order valence-electron chi connectivity index (χ4n) is 4.62. The lowest BCUT2D eigenvalue weighted by Crippen LogP contribution is -2.34. The maximum absolute atomic E-state index is 11.1. The number of anilines is 3. The van der Waals surface area contributed by atoms with Crippen molar-refractivity contribution in [2.75, 3.05) is 41.4 Å². The summed E-state index contributed by atoms with van der Waals surface area (Å²) in [5.74, 6) is 2.93. The van der Waals surface area contributed by atoms with Gasteiger partial charge in [0, 0.05) is 43.4 Å². The van der Waals surface area contributed by atoms with E-state index in [0.717, 1.165) is 57.4 Å². The summed E-state index contributed by atoms with van der Waals surface area (Å²) in [7, 11) is 0. The summed E-state index contributed by atoms with van der Waals surface area (Å²) in [6.45, 7) is 5.50. The predicted molar refractivity (Wildman–Crippen MR) is 139 cm³/mol. The Hall–Kier alpha value is -4.02. The second-order valence-electron chi connectivity index (χ2n) is 9.18. The Bertz CT molecular complexity index is 1210. The van der Waals surface area contributed by atoms with Crippen LogP contribution in [0.25, 0.3) is 11.3 Å². The highest BCUT2D eigenvalue weighted by Gasteiger charge is 2.20. The highest BCUT2D eigenvalue weighted by molar-refractivity contribution is 5.78. The van der Waals surface area contributed by atoms with Gasteiger partial charge in [-0.15, -0.1) is 0 Å². The van der Waals surface area contributed by atoms with Gasteiger partial charge < -0.3 is 14.2 Å². The topological polar surface area (TPSA) is 126 Å². The van der Waals surface area contributed by atoms with Gasteiger partial charge in [-0.05, 0) is 69.7 Å². The quantitative estimate of drug-likeness (QED) is 0.283. The van der Waals surface area contributed by atoms with Gasteiger partial charge in [0.25, 0.3) is 5.69 Å². The van der Waals surface area contributed by atoms with E-state index in [4.69, 9.17) is 9.40 Å². The summed E-state index contributed by atoms with van der Waals surface area (Å²) in [6.07, 6.45) is 8.59. The van der Waals surface area contributed by atoms with Crippen molar-refractivity contribution < 1.29 is 9.34 Å². The number of furan rings is 1. The van der Waals surface area contributed by atoms with E-state index in [1.54, 1.807) is 31.3 Å². The van der Waals surface area contributed by atoms with Gasteiger partial charge >= 0.3 is 0 Å². The van der Waals surface area contributed by atoms with E-state index in [9.17, 15) is 10.1 Å². The Labute approximate surface area is 209 Å². The average molecular weight is 491 g/mol. The monoisotopic (exact) mass is 490 g/mol. The maximum atomic E-state index is 11.1. The molecular weight excluding hydrogens is 460 g/mol. The van der Waals surface area contributed by atoms with Crippen molar-refractivity contribution in [3.8, 4) is 11.3 Å². The minimum atomic E-state index is -0.389. The number of nitrogens with zero attached hydrogens (tertiary/aromatic N) is 7. The number of aromatic nitrogens is 3. The van der Waals surface area contributed by atoms with Crippen LogP contribution in [0.4, 0.5) is 23.5 Å². The largest absolute Gasteiger partial charge is 0.455 e. The van der Waals surface area contributed by atoms with Gasteiger partial charge in [0.05, 0.1) is 11.1 Å². The minimum absolute atomic E-state index is 0.0847. The number of nitro benzene ring substituents is 1. The highest BCUT2D eigenvalue weighted by Crippen LogP contribution is 2.27. The third-order valence-corrected chi connectivity index (χ3v) is 6.55. The van der Waals surface area contributed by atoms with E-state index in [1.807, 2.05) is 6.07 Å². The van der Waals surface area contributed by atoms with E-state index in [1.165, 1.54) is 18.9 Å². The molecule has 11 nitrogen and oxygen atoms in total. The lowest BCUT2D eigenvalue weighted by atomic mass is 10.1. The Kier molecular flexibility index (Phi) is 7.06. The van der Waals surface area contributed by atoms with Crippen molar-refractivity contribution in [2.45, 2.75) is 45.4 Å². The lowest BCUT2D eigenvalue weighted by molar-refractivity contribution is -0.385. The van der Waals surface area contributed by atoms with Gasteiger partial charge in [-0.2, -0.15) is 20.1 Å². The molecule has 0 aliphatic carbocycles. The fraction of sp³-hybridized carbons (Fsp3) is 0.440. The number of piperidine rings is 2. The summed E-state index contributed by atoms with van der Waals surface area (Å²) in [5.41, 5.74) is 4.38. The van der Waals surface area contributed by atoms with E-state index in [0.29, 0.717) is 34.9 Å². The van der Waals surface area contributed by atoms with Crippen molar-refractivity contribution in [1.29, 1.82) is 0 Å². The molecule has 3 aromatic rings. The van der Waals surface area contributed by atoms with Gasteiger partial charge in [-0.25, -0.2) is 5.43 Å². The number of hydrogen-bond acceptors (Lipinski definition) is 10. The minimum Gasteiger partial charge on any atom is -0.455 e. The maximum Gasteiger partial charge on any atom is 0.272 e. The van der Waals surface area contributed by atoms with Crippen molar-refractivity contribution >= 4 is 29.7 Å². The Balaban J connectivity index is 1.32. The molecular formula is C25H30N8O3. The summed E-state index contributed by atoms with van der Waals surface area (Å²) >= 11 is 0. The van der Waals surface area contributed by atoms with E-state index >= 15 is 0 Å². The molecule has 0 saturated carbocycles. The van der Waals surface area contributed by atoms with E-state index < -0.39 is 0 Å². The third-order valence-electron chi connectivity index (χ3n) is 6.55. The van der Waals surface area contributed by atoms with Crippen LogP contribution < -0.4 is 15.2 Å². The number of nitrogens with one attached hydrogen (secondary N) is 1. The van der Waals surface area contributed by atoms with Crippen molar-refractivity contribution in [2.24, 2.45) is 5.10 Å². The van der Waals surface area contributed by atoms with Gasteiger partial charge in [-0.1, -0.05) is 0 Å². The molecule has 4 heterocycles. The van der Waals surface area contributed by atoms with Crippen molar-refractivity contribution in [3.63, 3.8) is 0 Å². The summed E-state index contributed by atoms with van der Waals surface area (Å²) in [6, 6.07) is 8.52. The predicted octanol–water partition coefficient (Wildman–Crippen LogP) is 4.77. The second-order valence-corrected chi connectivity index (χ2v) is 9.18. The highest BCUT2D eigenvalue weighted by atomic mass is 16.6. The van der Waals surface area contributed by atoms with Crippen LogP contribution in [0.5, 0.6) is 0 Å². The van der Waals surface area contributed by atoms with Crippen molar-refractivity contribution in [3.05, 3.63) is 51.8 Å². The molecule has 0 atom stereocenters. The molecule has 5 rings (SSSR count). The van der Waals surface area contributed by atoms with Gasteiger partial charge in [0.2, 0.25) is 17.8 Å². The first-order valence-electron chi connectivity index (χ1n) is 12.5. The van der Waals surface area contributed by atoms with Crippen LogP contribution in [-0.2, 0) is 0 Å². The number of nitro groups is 1. The molecule has 0 bridgehead atoms. The molecule has 0 radical (unpaired) electrons. The van der Waals surface area contributed by atoms with Crippen LogP contribution in [-0.4, -0.2) is 52.3 Å². The number of benzene rings is 1. The van der Waals surface area contributed by atoms with Crippen LogP contribution in [0, 0.1) is 17.0 Å². The zero-order chi connectivity index (χ0) is 24.9. The molecule has 188 valence electrons. The molecule has 1 N–H and O–H groups in total. The van der Waals surface area contributed by atoms with Crippen LogP contribution >= 0.6 is 0 Å². The molecule has 1 aromatic carbocycles. The van der Waals surface area contributed by atoms with Crippen LogP contribution in [0.1, 0.15) is 49.8 Å². The number of rotatable bonds is 7. The molecule has 0 unspecified atom stereocenters. The number of aryl methyl sites for hydroxylation is 1. The molecule has 2 aliphatic heterocycles. The smallest absolute Gasteiger partial charge is 0.272 e. The number of hydrazone groups is 1. The molecule has 0 spiro atoms. The summed E-state index contributed by atoms with van der Waals surface area (Å²) in [4.78, 5) is 29.2. The standard InChI is InChI=1S/C25H30N8O3/c1-18-16-19(8-10-21(18)33(34)35)22-11-9-20(36-22)17-26-30-23-27-24(31-12-4-2-5-13-31)29-25(28-23)32-14-6-3-7-15-32/h8-11,16-17H,2-7,12-15H2,1H3,(H,27,28,29,30)/b26-17+. The Morgan fingerprint density at radius 2 is 1.58 bits per heavy atom. The first kappa shape index (κ1) is 23.7. The number of hydrogen-bond donors (Lipinski definition) is 1. The average Bonchev–Trinajstić information content (AvgIpc) is 3.38.